The molecule has 0 unspecified atom stereocenters. The number of nitrogens with one attached hydrogen (secondary N) is 2. The summed E-state index contributed by atoms with van der Waals surface area (Å²) in [6.07, 6.45) is 0. The first kappa shape index (κ1) is 24.9. The first-order valence-corrected chi connectivity index (χ1v) is 14.6. The minimum Gasteiger partial charge on any atom is -0.338 e. The fourth-order valence-electron chi connectivity index (χ4n) is 2.07. The number of thiophene rings is 2. The van der Waals surface area contributed by atoms with E-state index in [9.17, 15) is 16.8 Å². The van der Waals surface area contributed by atoms with E-state index in [4.69, 9.17) is 9.05 Å². The van der Waals surface area contributed by atoms with Gasteiger partial charge in [0.25, 0.3) is 20.0 Å². The van der Waals surface area contributed by atoms with E-state index in [-0.39, 0.29) is 20.2 Å². The second-order valence-corrected chi connectivity index (χ2v) is 14.7. The predicted octanol–water partition coefficient (Wildman–Crippen LogP) is 5.22. The number of rotatable bonds is 6. The number of hydrogen-bond acceptors (Lipinski definition) is 10. The maximum atomic E-state index is 11.8. The summed E-state index contributed by atoms with van der Waals surface area (Å²) in [7, 11) is -7.15. The highest BCUT2D eigenvalue weighted by atomic mass is 79.9. The fraction of sp³-hybridized carbons (Fsp3) is 0.125. The van der Waals surface area contributed by atoms with Gasteiger partial charge >= 0.3 is 0 Å². The molecule has 0 amide bonds. The lowest BCUT2D eigenvalue weighted by Gasteiger charge is -2.00. The molecule has 0 radical (unpaired) electrons. The average Bonchev–Trinajstić information content (AvgIpc) is 3.46. The molecule has 4 rings (SSSR count). The fourth-order valence-corrected chi connectivity index (χ4v) is 8.04. The van der Waals surface area contributed by atoms with E-state index in [0.29, 0.717) is 11.4 Å². The van der Waals surface area contributed by atoms with Gasteiger partial charge in [0.1, 0.15) is 8.42 Å². The van der Waals surface area contributed by atoms with Gasteiger partial charge in [-0.15, -0.1) is 22.7 Å². The molecule has 0 saturated carbocycles. The van der Waals surface area contributed by atoms with Gasteiger partial charge in [-0.05, 0) is 70.0 Å². The largest absolute Gasteiger partial charge is 0.338 e. The topological polar surface area (TPSA) is 144 Å². The molecule has 16 heteroatoms. The Hall–Kier alpha value is -1.72. The molecule has 0 bridgehead atoms. The average molecular weight is 646 g/mol. The number of hydrogen-bond donors (Lipinski definition) is 2. The molecule has 2 N–H and O–H groups in total. The molecule has 0 spiro atoms. The Kier molecular flexibility index (Phi) is 7.82. The summed E-state index contributed by atoms with van der Waals surface area (Å²) < 4.78 is 63.4. The molecule has 172 valence electrons. The van der Waals surface area contributed by atoms with Crippen molar-refractivity contribution in [3.8, 4) is 0 Å². The number of aromatic nitrogens is 2. The zero-order valence-electron chi connectivity index (χ0n) is 16.2. The molecule has 0 saturated heterocycles. The Morgan fingerprint density at radius 1 is 0.750 bits per heavy atom. The molecular formula is C16H14Br2N4O6S4. The van der Waals surface area contributed by atoms with E-state index < -0.39 is 20.0 Å². The maximum absolute atomic E-state index is 11.8. The summed E-state index contributed by atoms with van der Waals surface area (Å²) >= 11 is 8.66. The highest BCUT2D eigenvalue weighted by Crippen LogP contribution is 2.28. The molecule has 0 aliphatic carbocycles. The van der Waals surface area contributed by atoms with Crippen LogP contribution in [0.1, 0.15) is 11.4 Å². The van der Waals surface area contributed by atoms with Gasteiger partial charge < -0.3 is 9.05 Å². The van der Waals surface area contributed by atoms with Crippen LogP contribution in [-0.2, 0) is 20.0 Å². The molecule has 0 aromatic carbocycles. The Labute approximate surface area is 208 Å². The monoisotopic (exact) mass is 644 g/mol. The zero-order valence-corrected chi connectivity index (χ0v) is 22.6. The lowest BCUT2D eigenvalue weighted by Crippen LogP contribution is -2.10. The third-order valence-corrected chi connectivity index (χ3v) is 10.3. The zero-order chi connectivity index (χ0) is 23.5. The van der Waals surface area contributed by atoms with Crippen LogP contribution in [0.5, 0.6) is 0 Å². The summed E-state index contributed by atoms with van der Waals surface area (Å²) in [5.41, 5.74) is 1.23. The highest BCUT2D eigenvalue weighted by Gasteiger charge is 2.19. The second kappa shape index (κ2) is 10.0. The molecular weight excluding hydrogens is 632 g/mol. The number of aryl methyl sites for hydroxylation is 2. The number of anilines is 2. The van der Waals surface area contributed by atoms with Crippen LogP contribution in [0.2, 0.25) is 0 Å². The van der Waals surface area contributed by atoms with Crippen molar-refractivity contribution >= 4 is 86.3 Å². The van der Waals surface area contributed by atoms with Crippen molar-refractivity contribution in [1.82, 2.24) is 10.3 Å². The minimum atomic E-state index is -3.57. The molecule has 0 aliphatic heterocycles. The van der Waals surface area contributed by atoms with Crippen molar-refractivity contribution in [2.45, 2.75) is 22.3 Å². The van der Waals surface area contributed by atoms with Crippen molar-refractivity contribution in [2.75, 3.05) is 9.44 Å². The lowest BCUT2D eigenvalue weighted by molar-refractivity contribution is 0.430. The summed E-state index contributed by atoms with van der Waals surface area (Å²) in [5.74, 6) is 0.226. The molecule has 4 heterocycles. The van der Waals surface area contributed by atoms with Crippen LogP contribution in [0.3, 0.4) is 0 Å². The van der Waals surface area contributed by atoms with Crippen LogP contribution < -0.4 is 9.44 Å². The molecule has 0 fully saturated rings. The van der Waals surface area contributed by atoms with Crippen LogP contribution in [-0.4, -0.2) is 27.1 Å². The van der Waals surface area contributed by atoms with E-state index >= 15 is 0 Å². The smallest absolute Gasteiger partial charge is 0.273 e. The van der Waals surface area contributed by atoms with Crippen LogP contribution in [0.15, 0.2) is 61.4 Å². The Bertz CT molecular complexity index is 1310. The van der Waals surface area contributed by atoms with E-state index in [2.05, 4.69) is 51.6 Å². The summed E-state index contributed by atoms with van der Waals surface area (Å²) in [4.78, 5) is 0. The predicted molar refractivity (Wildman–Crippen MR) is 128 cm³/mol. The molecule has 0 aliphatic rings. The van der Waals surface area contributed by atoms with E-state index in [1.807, 2.05) is 0 Å². The molecule has 10 nitrogen and oxygen atoms in total. The van der Waals surface area contributed by atoms with Gasteiger partial charge in [0.05, 0.1) is 19.0 Å². The lowest BCUT2D eigenvalue weighted by atomic mass is 10.5. The van der Waals surface area contributed by atoms with E-state index in [1.54, 1.807) is 26.0 Å². The molecule has 4 aromatic heterocycles. The van der Waals surface area contributed by atoms with Crippen molar-refractivity contribution in [2.24, 2.45) is 0 Å². The first-order valence-electron chi connectivity index (χ1n) is 8.37. The van der Waals surface area contributed by atoms with Crippen molar-refractivity contribution in [3.63, 3.8) is 0 Å². The van der Waals surface area contributed by atoms with Crippen molar-refractivity contribution in [1.29, 1.82) is 0 Å². The van der Waals surface area contributed by atoms with Crippen LogP contribution in [0.4, 0.5) is 11.8 Å². The molecule has 32 heavy (non-hydrogen) atoms. The van der Waals surface area contributed by atoms with Gasteiger partial charge in [-0.25, -0.2) is 26.3 Å². The number of halogens is 2. The number of nitrogens with zero attached hydrogens (tertiary/aromatic N) is 2. The van der Waals surface area contributed by atoms with Gasteiger partial charge in [-0.3, -0.25) is 0 Å². The van der Waals surface area contributed by atoms with Crippen LogP contribution in [0, 0.1) is 13.8 Å². The van der Waals surface area contributed by atoms with Crippen molar-refractivity contribution < 1.29 is 25.9 Å². The first-order chi connectivity index (χ1) is 14.9. The van der Waals surface area contributed by atoms with E-state index in [0.717, 1.165) is 30.2 Å². The standard InChI is InChI=1S/2C8H7BrN2O3S2/c2*1-5-4-7(14-10-5)11-16(12,13)8-3-2-6(9)15-8/h2*2-4,11H,1H3. The summed E-state index contributed by atoms with van der Waals surface area (Å²) in [5, 5.41) is 7.18. The summed E-state index contributed by atoms with van der Waals surface area (Å²) in [6, 6.07) is 9.40. The van der Waals surface area contributed by atoms with Gasteiger partial charge in [-0.1, -0.05) is 10.3 Å². The van der Waals surface area contributed by atoms with Gasteiger partial charge in [0.2, 0.25) is 11.8 Å². The SMILES string of the molecule is Cc1cc(NS(=O)(=O)c2ccc(Br)s2)on1.Cc1cc(NS(=O)(=O)c2ccc(Br)s2)on1. The van der Waals surface area contributed by atoms with E-state index in [1.165, 1.54) is 24.3 Å². The molecule has 4 aromatic rings. The highest BCUT2D eigenvalue weighted by molar-refractivity contribution is 9.11. The van der Waals surface area contributed by atoms with Crippen LogP contribution >= 0.6 is 54.5 Å². The maximum Gasteiger partial charge on any atom is 0.273 e. The Morgan fingerprint density at radius 2 is 1.12 bits per heavy atom. The second-order valence-electron chi connectivity index (χ2n) is 5.99. The molecule has 0 atom stereocenters. The quantitative estimate of drug-likeness (QED) is 0.291. The normalized spacial score (nSPS) is 11.6. The van der Waals surface area contributed by atoms with Crippen LogP contribution in [0.25, 0.3) is 0 Å². The third kappa shape index (κ3) is 6.64. The Morgan fingerprint density at radius 3 is 1.38 bits per heavy atom. The van der Waals surface area contributed by atoms with Crippen molar-refractivity contribution in [3.05, 3.63) is 55.4 Å². The number of sulfonamides is 2. The minimum absolute atomic E-state index is 0.113. The van der Waals surface area contributed by atoms with Gasteiger partial charge in [-0.2, -0.15) is 0 Å². The van der Waals surface area contributed by atoms with Gasteiger partial charge in [0.15, 0.2) is 0 Å². The Balaban J connectivity index is 0.000000181. The summed E-state index contributed by atoms with van der Waals surface area (Å²) in [6.45, 7) is 3.42. The van der Waals surface area contributed by atoms with Gasteiger partial charge in [0, 0.05) is 12.1 Å². The third-order valence-electron chi connectivity index (χ3n) is 3.35.